The van der Waals surface area contributed by atoms with Crippen molar-refractivity contribution in [2.75, 3.05) is 19.6 Å². The summed E-state index contributed by atoms with van der Waals surface area (Å²) in [6, 6.07) is 18.1. The van der Waals surface area contributed by atoms with Crippen LogP contribution in [0.5, 0.6) is 0 Å². The molecule has 3 rings (SSSR count). The molecule has 1 saturated heterocycles. The average molecular weight is 438 g/mol. The highest BCUT2D eigenvalue weighted by Crippen LogP contribution is 2.21. The fraction of sp³-hybridized carbons (Fsp3) is 0.333. The number of hydrogen-bond acceptors (Lipinski definition) is 4. The molecule has 162 valence electrons. The fourth-order valence-corrected chi connectivity index (χ4v) is 5.07. The first-order chi connectivity index (χ1) is 15.0. The molecule has 0 aromatic heterocycles. The monoisotopic (exact) mass is 437 g/mol. The Bertz CT molecular complexity index is 1030. The van der Waals surface area contributed by atoms with E-state index in [0.29, 0.717) is 19.6 Å². The van der Waals surface area contributed by atoms with Crippen LogP contribution in [0.4, 0.5) is 0 Å². The molecule has 1 amide bonds. The second kappa shape index (κ2) is 10.9. The summed E-state index contributed by atoms with van der Waals surface area (Å²) in [5.41, 5.74) is 1.67. The molecular formula is C24H27N3O3S. The van der Waals surface area contributed by atoms with E-state index in [0.717, 1.165) is 36.8 Å². The highest BCUT2D eigenvalue weighted by atomic mass is 32.2. The number of amides is 1. The second-order valence-electron chi connectivity index (χ2n) is 7.56. The van der Waals surface area contributed by atoms with Gasteiger partial charge >= 0.3 is 0 Å². The summed E-state index contributed by atoms with van der Waals surface area (Å²) in [6.07, 6.45) is 6.97. The van der Waals surface area contributed by atoms with Gasteiger partial charge in [0.05, 0.1) is 11.0 Å². The summed E-state index contributed by atoms with van der Waals surface area (Å²) in [4.78, 5) is 14.3. The van der Waals surface area contributed by atoms with Gasteiger partial charge in [0.1, 0.15) is 6.54 Å². The van der Waals surface area contributed by atoms with E-state index in [9.17, 15) is 13.2 Å². The molecule has 0 N–H and O–H groups in total. The largest absolute Gasteiger partial charge is 0.322 e. The molecule has 1 heterocycles. The predicted octanol–water partition coefficient (Wildman–Crippen LogP) is 3.82. The highest BCUT2D eigenvalue weighted by Gasteiger charge is 2.24. The van der Waals surface area contributed by atoms with Crippen LogP contribution in [0, 0.1) is 11.3 Å². The van der Waals surface area contributed by atoms with Crippen molar-refractivity contribution >= 4 is 22.0 Å². The van der Waals surface area contributed by atoms with Crippen LogP contribution in [0.1, 0.15) is 36.8 Å². The molecule has 6 nitrogen and oxygen atoms in total. The lowest BCUT2D eigenvalue weighted by Crippen LogP contribution is -2.31. The first-order valence-electron chi connectivity index (χ1n) is 10.5. The third-order valence-electron chi connectivity index (χ3n) is 5.29. The van der Waals surface area contributed by atoms with Crippen LogP contribution in [0.3, 0.4) is 0 Å². The number of nitriles is 1. The van der Waals surface area contributed by atoms with Gasteiger partial charge in [-0.1, -0.05) is 55.3 Å². The van der Waals surface area contributed by atoms with E-state index in [2.05, 4.69) is 0 Å². The number of carbonyl (C=O) groups is 1. The highest BCUT2D eigenvalue weighted by molar-refractivity contribution is 7.89. The maximum Gasteiger partial charge on any atom is 0.247 e. The molecule has 0 atom stereocenters. The molecule has 7 heteroatoms. The Balaban J connectivity index is 1.67. The molecule has 0 unspecified atom stereocenters. The fourth-order valence-electron chi connectivity index (χ4n) is 3.56. The van der Waals surface area contributed by atoms with Gasteiger partial charge in [0, 0.05) is 25.7 Å². The minimum atomic E-state index is -3.49. The zero-order valence-electron chi connectivity index (χ0n) is 17.5. The van der Waals surface area contributed by atoms with Crippen LogP contribution < -0.4 is 0 Å². The molecule has 0 spiro atoms. The van der Waals surface area contributed by atoms with Crippen molar-refractivity contribution in [3.8, 4) is 6.07 Å². The number of benzene rings is 2. The van der Waals surface area contributed by atoms with Crippen molar-refractivity contribution in [1.29, 1.82) is 5.26 Å². The van der Waals surface area contributed by atoms with E-state index in [1.807, 2.05) is 36.4 Å². The molecular weight excluding hydrogens is 410 g/mol. The van der Waals surface area contributed by atoms with Gasteiger partial charge in [-0.25, -0.2) is 8.42 Å². The minimum absolute atomic E-state index is 0.00885. The van der Waals surface area contributed by atoms with Gasteiger partial charge in [0.15, 0.2) is 0 Å². The van der Waals surface area contributed by atoms with E-state index in [-0.39, 0.29) is 17.3 Å². The Kier molecular flexibility index (Phi) is 7.99. The van der Waals surface area contributed by atoms with Gasteiger partial charge < -0.3 is 4.90 Å². The maximum atomic E-state index is 12.9. The molecule has 0 bridgehead atoms. The van der Waals surface area contributed by atoms with E-state index in [1.54, 1.807) is 34.6 Å². The summed E-state index contributed by atoms with van der Waals surface area (Å²) in [5, 5.41) is 9.05. The van der Waals surface area contributed by atoms with Crippen molar-refractivity contribution in [3.05, 3.63) is 71.8 Å². The van der Waals surface area contributed by atoms with Gasteiger partial charge in [-0.2, -0.15) is 9.57 Å². The van der Waals surface area contributed by atoms with Crippen molar-refractivity contribution in [3.63, 3.8) is 0 Å². The Labute approximate surface area is 184 Å². The number of hydrogen-bond donors (Lipinski definition) is 0. The summed E-state index contributed by atoms with van der Waals surface area (Å²) in [6.45, 7) is 1.47. The van der Waals surface area contributed by atoms with Crippen LogP contribution in [-0.4, -0.2) is 43.2 Å². The Morgan fingerprint density at radius 1 is 1.00 bits per heavy atom. The standard InChI is InChI=1S/C24H27N3O3S/c25-16-19-26(20-22-8-4-3-5-9-22)24(28)15-12-21-10-13-23(14-11-21)31(29,30)27-17-6-1-2-7-18-27/h3-5,8-15H,1-2,6-7,17-20H2. The normalized spacial score (nSPS) is 15.3. The van der Waals surface area contributed by atoms with Gasteiger partial charge in [-0.15, -0.1) is 0 Å². The van der Waals surface area contributed by atoms with Crippen molar-refractivity contribution in [2.45, 2.75) is 37.1 Å². The molecule has 0 saturated carbocycles. The summed E-state index contributed by atoms with van der Waals surface area (Å²) >= 11 is 0. The van der Waals surface area contributed by atoms with Gasteiger partial charge in [0.2, 0.25) is 15.9 Å². The van der Waals surface area contributed by atoms with Crippen molar-refractivity contribution in [1.82, 2.24) is 9.21 Å². The molecule has 0 radical (unpaired) electrons. The lowest BCUT2D eigenvalue weighted by atomic mass is 10.2. The first kappa shape index (κ1) is 22.7. The number of rotatable bonds is 7. The quantitative estimate of drug-likeness (QED) is 0.487. The minimum Gasteiger partial charge on any atom is -0.322 e. The van der Waals surface area contributed by atoms with Gasteiger partial charge in [0.25, 0.3) is 0 Å². The zero-order valence-corrected chi connectivity index (χ0v) is 18.3. The van der Waals surface area contributed by atoms with Gasteiger partial charge in [-0.05, 0) is 42.2 Å². The molecule has 1 aliphatic heterocycles. The smallest absolute Gasteiger partial charge is 0.247 e. The molecule has 31 heavy (non-hydrogen) atoms. The maximum absolute atomic E-state index is 12.9. The number of nitrogens with zero attached hydrogens (tertiary/aromatic N) is 3. The molecule has 2 aromatic carbocycles. The molecule has 1 fully saturated rings. The average Bonchev–Trinajstić information content (AvgIpc) is 3.08. The van der Waals surface area contributed by atoms with E-state index < -0.39 is 10.0 Å². The van der Waals surface area contributed by atoms with Crippen LogP contribution in [-0.2, 0) is 21.4 Å². The summed E-state index contributed by atoms with van der Waals surface area (Å²) in [5.74, 6) is -0.272. The van der Waals surface area contributed by atoms with Crippen LogP contribution in [0.15, 0.2) is 65.6 Å². The number of carbonyl (C=O) groups excluding carboxylic acids is 1. The summed E-state index contributed by atoms with van der Waals surface area (Å²) in [7, 11) is -3.49. The van der Waals surface area contributed by atoms with Crippen molar-refractivity contribution < 1.29 is 13.2 Å². The topological polar surface area (TPSA) is 81.5 Å². The van der Waals surface area contributed by atoms with Crippen LogP contribution >= 0.6 is 0 Å². The van der Waals surface area contributed by atoms with E-state index in [1.165, 1.54) is 11.0 Å². The summed E-state index contributed by atoms with van der Waals surface area (Å²) < 4.78 is 27.3. The molecule has 2 aromatic rings. The number of sulfonamides is 1. The van der Waals surface area contributed by atoms with Gasteiger partial charge in [-0.3, -0.25) is 4.79 Å². The molecule has 1 aliphatic rings. The Morgan fingerprint density at radius 3 is 2.26 bits per heavy atom. The first-order valence-corrected chi connectivity index (χ1v) is 11.9. The lowest BCUT2D eigenvalue weighted by molar-refractivity contribution is -0.125. The SMILES string of the molecule is N#CCN(Cc1ccccc1)C(=O)C=Cc1ccc(S(=O)(=O)N2CCCCCC2)cc1. The third-order valence-corrected chi connectivity index (χ3v) is 7.20. The third kappa shape index (κ3) is 6.27. The predicted molar refractivity (Wildman–Crippen MR) is 120 cm³/mol. The zero-order chi connectivity index (χ0) is 22.1. The van der Waals surface area contributed by atoms with E-state index in [4.69, 9.17) is 5.26 Å². The Morgan fingerprint density at radius 2 is 1.65 bits per heavy atom. The lowest BCUT2D eigenvalue weighted by Gasteiger charge is -2.20. The van der Waals surface area contributed by atoms with E-state index >= 15 is 0 Å². The van der Waals surface area contributed by atoms with Crippen molar-refractivity contribution in [2.24, 2.45) is 0 Å². The second-order valence-corrected chi connectivity index (χ2v) is 9.50. The van der Waals surface area contributed by atoms with Crippen LogP contribution in [0.25, 0.3) is 6.08 Å². The molecule has 0 aliphatic carbocycles. The van der Waals surface area contributed by atoms with Crippen LogP contribution in [0.2, 0.25) is 0 Å². The Hall–Kier alpha value is -2.95.